The fourth-order valence-electron chi connectivity index (χ4n) is 9.31. The molecule has 0 aromatic heterocycles. The Hall–Kier alpha value is -3.41. The summed E-state index contributed by atoms with van der Waals surface area (Å²) < 4.78 is 16.9. The molecule has 1 atom stereocenters. The first kappa shape index (κ1) is 72.6. The molecule has 0 heterocycles. The lowest BCUT2D eigenvalue weighted by Gasteiger charge is -2.18. The third kappa shape index (κ3) is 61.4. The van der Waals surface area contributed by atoms with E-state index in [4.69, 9.17) is 14.2 Å². The van der Waals surface area contributed by atoms with Crippen molar-refractivity contribution in [1.82, 2.24) is 0 Å². The molecule has 0 aromatic rings. The van der Waals surface area contributed by atoms with Crippen LogP contribution in [0.1, 0.15) is 323 Å². The minimum absolute atomic E-state index is 0.0711. The van der Waals surface area contributed by atoms with Crippen molar-refractivity contribution in [2.24, 2.45) is 0 Å². The maximum atomic E-state index is 12.9. The minimum atomic E-state index is -0.772. The van der Waals surface area contributed by atoms with Crippen molar-refractivity contribution in [2.45, 2.75) is 329 Å². The van der Waals surface area contributed by atoms with Gasteiger partial charge in [-0.2, -0.15) is 0 Å². The molecule has 0 saturated carbocycles. The van der Waals surface area contributed by atoms with Crippen LogP contribution in [0.25, 0.3) is 0 Å². The van der Waals surface area contributed by atoms with Gasteiger partial charge in [-0.05, 0) is 77.0 Å². The molecule has 0 aromatic carbocycles. The molecule has 0 amide bonds. The second kappa shape index (κ2) is 64.1. The van der Waals surface area contributed by atoms with Crippen molar-refractivity contribution in [1.29, 1.82) is 0 Å². The van der Waals surface area contributed by atoms with Gasteiger partial charge in [-0.15, -0.1) is 0 Å². The zero-order valence-electron chi connectivity index (χ0n) is 50.3. The molecule has 6 nitrogen and oxygen atoms in total. The molecule has 1 unspecified atom stereocenters. The largest absolute Gasteiger partial charge is 0.462 e. The normalized spacial score (nSPS) is 12.6. The van der Waals surface area contributed by atoms with Gasteiger partial charge in [0, 0.05) is 19.3 Å². The fourth-order valence-corrected chi connectivity index (χ4v) is 9.31. The number of allylic oxidation sites excluding steroid dienone is 14. The second-order valence-corrected chi connectivity index (χ2v) is 21.7. The van der Waals surface area contributed by atoms with Crippen LogP contribution in [0.2, 0.25) is 0 Å². The Morgan fingerprint density at radius 2 is 0.513 bits per heavy atom. The molecule has 76 heavy (non-hydrogen) atoms. The summed E-state index contributed by atoms with van der Waals surface area (Å²) in [6, 6.07) is 0. The molecule has 0 saturated heterocycles. The number of unbranched alkanes of at least 4 members (excludes halogenated alkanes) is 34. The second-order valence-electron chi connectivity index (χ2n) is 21.7. The molecule has 0 fully saturated rings. The molecule has 0 spiro atoms. The van der Waals surface area contributed by atoms with E-state index in [1.165, 1.54) is 180 Å². The zero-order chi connectivity index (χ0) is 55.0. The maximum absolute atomic E-state index is 12.9. The Labute approximate surface area is 471 Å². The molecule has 0 aliphatic rings. The minimum Gasteiger partial charge on any atom is -0.462 e. The van der Waals surface area contributed by atoms with Crippen LogP contribution >= 0.6 is 0 Å². The summed E-state index contributed by atoms with van der Waals surface area (Å²) in [6.07, 6.45) is 84.6. The quantitative estimate of drug-likeness (QED) is 0.0261. The Morgan fingerprint density at radius 3 is 0.803 bits per heavy atom. The molecule has 0 rings (SSSR count). The van der Waals surface area contributed by atoms with Gasteiger partial charge in [0.25, 0.3) is 0 Å². The molecule has 0 radical (unpaired) electrons. The molecule has 0 bridgehead atoms. The Bertz CT molecular complexity index is 1450. The Morgan fingerprint density at radius 1 is 0.276 bits per heavy atom. The highest BCUT2D eigenvalue weighted by molar-refractivity contribution is 5.71. The van der Waals surface area contributed by atoms with Crippen LogP contribution in [0.15, 0.2) is 85.1 Å². The highest BCUT2D eigenvalue weighted by Crippen LogP contribution is 2.17. The molecule has 0 N–H and O–H groups in total. The van der Waals surface area contributed by atoms with E-state index in [1.54, 1.807) is 0 Å². The number of ether oxygens (including phenoxy) is 3. The molecule has 438 valence electrons. The summed E-state index contributed by atoms with van der Waals surface area (Å²) >= 11 is 0. The average Bonchev–Trinajstić information content (AvgIpc) is 3.42. The van der Waals surface area contributed by atoms with Crippen LogP contribution < -0.4 is 0 Å². The van der Waals surface area contributed by atoms with E-state index in [2.05, 4.69) is 106 Å². The average molecular weight is 1060 g/mol. The van der Waals surface area contributed by atoms with E-state index in [0.717, 1.165) is 103 Å². The van der Waals surface area contributed by atoms with Gasteiger partial charge in [0.2, 0.25) is 0 Å². The summed E-state index contributed by atoms with van der Waals surface area (Å²) in [6.45, 7) is 6.55. The number of esters is 3. The number of hydrogen-bond acceptors (Lipinski definition) is 6. The van der Waals surface area contributed by atoms with E-state index in [1.807, 2.05) is 0 Å². The lowest BCUT2D eigenvalue weighted by atomic mass is 10.0. The summed E-state index contributed by atoms with van der Waals surface area (Å²) in [5.41, 5.74) is 0. The third-order valence-electron chi connectivity index (χ3n) is 14.2. The molecule has 0 aliphatic heterocycles. The highest BCUT2D eigenvalue weighted by Gasteiger charge is 2.19. The van der Waals surface area contributed by atoms with Crippen LogP contribution in [0.4, 0.5) is 0 Å². The van der Waals surface area contributed by atoms with Crippen molar-refractivity contribution < 1.29 is 28.6 Å². The van der Waals surface area contributed by atoms with Crippen LogP contribution in [-0.4, -0.2) is 37.2 Å². The fraction of sp³-hybridized carbons (Fsp3) is 0.757. The van der Waals surface area contributed by atoms with Crippen molar-refractivity contribution in [3.05, 3.63) is 85.1 Å². The number of carbonyl (C=O) groups excluding carboxylic acids is 3. The first-order chi connectivity index (χ1) is 37.5. The number of carbonyl (C=O) groups is 3. The van der Waals surface area contributed by atoms with Gasteiger partial charge in [-0.1, -0.05) is 311 Å². The van der Waals surface area contributed by atoms with Gasteiger partial charge in [-0.3, -0.25) is 14.4 Å². The Balaban J connectivity index is 4.15. The lowest BCUT2D eigenvalue weighted by molar-refractivity contribution is -0.167. The summed E-state index contributed by atoms with van der Waals surface area (Å²) in [4.78, 5) is 38.2. The van der Waals surface area contributed by atoms with Crippen molar-refractivity contribution in [2.75, 3.05) is 13.2 Å². The summed E-state index contributed by atoms with van der Waals surface area (Å²) in [5.74, 6) is -0.860. The van der Waals surface area contributed by atoms with Crippen LogP contribution in [0.3, 0.4) is 0 Å². The molecule has 6 heteroatoms. The number of rotatable bonds is 59. The van der Waals surface area contributed by atoms with E-state index in [-0.39, 0.29) is 31.1 Å². The standard InChI is InChI=1S/C70H122O6/c1-4-7-10-13-16-19-22-24-26-27-28-29-30-31-32-33-34-35-36-37-38-39-40-41-42-43-44-46-48-51-54-57-60-63-69(72)75-66-67(65-74-68(71)62-59-56-53-50-47-21-18-15-12-9-6-3)76-70(73)64-61-58-55-52-49-45-25-23-20-17-14-11-8-5-2/h7,10,16,19,24,26,28-29,31-32,34-35,37-38,67H,4-6,8-9,11-15,17-18,20-23,25,27,30,33,36,39-66H2,1-3H3/b10-7-,19-16-,26-24-,29-28-,32-31-,35-34-,38-37-. The molecular weight excluding hydrogens is 937 g/mol. The van der Waals surface area contributed by atoms with Gasteiger partial charge in [-0.25, -0.2) is 0 Å². The monoisotopic (exact) mass is 1060 g/mol. The van der Waals surface area contributed by atoms with Gasteiger partial charge in [0.05, 0.1) is 0 Å². The Kier molecular flexibility index (Phi) is 61.2. The summed E-state index contributed by atoms with van der Waals surface area (Å²) in [5, 5.41) is 0. The third-order valence-corrected chi connectivity index (χ3v) is 14.2. The van der Waals surface area contributed by atoms with Crippen molar-refractivity contribution in [3.63, 3.8) is 0 Å². The van der Waals surface area contributed by atoms with E-state index < -0.39 is 6.10 Å². The SMILES string of the molecule is CC/C=C\C/C=C\C/C=C\C/C=C\C/C=C\C/C=C\C/C=C\CCCCCCCCCCCCCC(=O)OCC(COC(=O)CCCCCCCCCCCCC)OC(=O)CCCCCCCCCCCCCCCC. The van der Waals surface area contributed by atoms with Gasteiger partial charge in [0.15, 0.2) is 6.10 Å². The predicted octanol–water partition coefficient (Wildman–Crippen LogP) is 22.3. The van der Waals surface area contributed by atoms with Crippen molar-refractivity contribution >= 4 is 17.9 Å². The van der Waals surface area contributed by atoms with E-state index in [9.17, 15) is 14.4 Å². The van der Waals surface area contributed by atoms with Gasteiger partial charge >= 0.3 is 17.9 Å². The lowest BCUT2D eigenvalue weighted by Crippen LogP contribution is -2.30. The van der Waals surface area contributed by atoms with Crippen LogP contribution in [-0.2, 0) is 28.6 Å². The highest BCUT2D eigenvalue weighted by atomic mass is 16.6. The van der Waals surface area contributed by atoms with Gasteiger partial charge in [0.1, 0.15) is 13.2 Å². The smallest absolute Gasteiger partial charge is 0.306 e. The van der Waals surface area contributed by atoms with Crippen LogP contribution in [0, 0.1) is 0 Å². The first-order valence-corrected chi connectivity index (χ1v) is 32.6. The first-order valence-electron chi connectivity index (χ1n) is 32.6. The van der Waals surface area contributed by atoms with Gasteiger partial charge < -0.3 is 14.2 Å². The van der Waals surface area contributed by atoms with E-state index in [0.29, 0.717) is 19.3 Å². The number of hydrogen-bond donors (Lipinski definition) is 0. The molecular formula is C70H122O6. The van der Waals surface area contributed by atoms with Crippen LogP contribution in [0.5, 0.6) is 0 Å². The topological polar surface area (TPSA) is 78.9 Å². The molecule has 0 aliphatic carbocycles. The predicted molar refractivity (Wildman–Crippen MR) is 330 cm³/mol. The van der Waals surface area contributed by atoms with Crippen molar-refractivity contribution in [3.8, 4) is 0 Å². The maximum Gasteiger partial charge on any atom is 0.306 e. The van der Waals surface area contributed by atoms with E-state index >= 15 is 0 Å². The zero-order valence-corrected chi connectivity index (χ0v) is 50.3. The summed E-state index contributed by atoms with van der Waals surface area (Å²) in [7, 11) is 0.